The van der Waals surface area contributed by atoms with Gasteiger partial charge in [-0.2, -0.15) is 5.10 Å². The Balaban J connectivity index is 1.61. The van der Waals surface area contributed by atoms with Crippen LogP contribution in [0.5, 0.6) is 11.5 Å². The van der Waals surface area contributed by atoms with Gasteiger partial charge >= 0.3 is 0 Å². The van der Waals surface area contributed by atoms with E-state index in [4.69, 9.17) is 13.9 Å². The summed E-state index contributed by atoms with van der Waals surface area (Å²) in [6, 6.07) is 19.5. The first-order valence-electron chi connectivity index (χ1n) is 9.35. The molecule has 6 nitrogen and oxygen atoms in total. The van der Waals surface area contributed by atoms with Crippen LogP contribution in [0.4, 0.5) is 0 Å². The van der Waals surface area contributed by atoms with Crippen molar-refractivity contribution in [2.75, 3.05) is 14.2 Å². The Hall–Kier alpha value is -3.58. The van der Waals surface area contributed by atoms with Crippen LogP contribution >= 0.6 is 11.3 Å². The quantitative estimate of drug-likeness (QED) is 0.404. The molecule has 2 aromatic carbocycles. The number of furan rings is 1. The summed E-state index contributed by atoms with van der Waals surface area (Å²) in [6.45, 7) is 0.457. The topological polar surface area (TPSA) is 61.2 Å². The van der Waals surface area contributed by atoms with Gasteiger partial charge in [0.1, 0.15) is 12.3 Å². The molecule has 0 bridgehead atoms. The smallest absolute Gasteiger partial charge is 0.206 e. The second-order valence-corrected chi connectivity index (χ2v) is 7.18. The number of nitrogens with zero attached hydrogens (tertiary/aromatic N) is 3. The number of rotatable bonds is 7. The molecule has 0 aliphatic rings. The van der Waals surface area contributed by atoms with Gasteiger partial charge in [-0.15, -0.1) is 11.3 Å². The van der Waals surface area contributed by atoms with E-state index >= 15 is 0 Å². The van der Waals surface area contributed by atoms with E-state index in [1.165, 1.54) is 11.3 Å². The van der Waals surface area contributed by atoms with E-state index in [1.807, 2.05) is 66.0 Å². The first-order chi connectivity index (χ1) is 14.8. The van der Waals surface area contributed by atoms with Crippen LogP contribution in [0.2, 0.25) is 0 Å². The zero-order valence-corrected chi connectivity index (χ0v) is 17.5. The van der Waals surface area contributed by atoms with Crippen LogP contribution in [0.15, 0.2) is 86.8 Å². The summed E-state index contributed by atoms with van der Waals surface area (Å²) in [4.78, 5) is 5.07. The zero-order chi connectivity index (χ0) is 20.8. The minimum Gasteiger partial charge on any atom is -0.493 e. The van der Waals surface area contributed by atoms with E-state index in [0.717, 1.165) is 27.4 Å². The summed E-state index contributed by atoms with van der Waals surface area (Å²) in [5.41, 5.74) is 2.81. The van der Waals surface area contributed by atoms with Crippen molar-refractivity contribution in [2.45, 2.75) is 6.61 Å². The molecule has 30 heavy (non-hydrogen) atoms. The van der Waals surface area contributed by atoms with E-state index < -0.39 is 0 Å². The molecule has 0 N–H and O–H groups in total. The van der Waals surface area contributed by atoms with E-state index in [-0.39, 0.29) is 0 Å². The van der Waals surface area contributed by atoms with Crippen LogP contribution in [0, 0.1) is 0 Å². The van der Waals surface area contributed by atoms with Crippen molar-refractivity contribution in [1.29, 1.82) is 0 Å². The normalized spacial score (nSPS) is 11.9. The van der Waals surface area contributed by atoms with Crippen LogP contribution in [0.3, 0.4) is 0 Å². The predicted octanol–water partition coefficient (Wildman–Crippen LogP) is 4.81. The third-order valence-corrected chi connectivity index (χ3v) is 5.30. The van der Waals surface area contributed by atoms with Crippen LogP contribution in [-0.2, 0) is 6.61 Å². The molecule has 0 saturated carbocycles. The molecule has 0 fully saturated rings. The van der Waals surface area contributed by atoms with E-state index in [9.17, 15) is 0 Å². The lowest BCUT2D eigenvalue weighted by molar-refractivity contribution is 0.284. The highest BCUT2D eigenvalue weighted by molar-refractivity contribution is 7.07. The lowest BCUT2D eigenvalue weighted by Crippen LogP contribution is -2.11. The van der Waals surface area contributed by atoms with Crippen LogP contribution in [-0.4, -0.2) is 25.0 Å². The molecule has 2 aromatic heterocycles. The fraction of sp³-hybridized carbons (Fsp3) is 0.130. The molecule has 0 unspecified atom stereocenters. The summed E-state index contributed by atoms with van der Waals surface area (Å²) in [6.07, 6.45) is 3.41. The number of benzene rings is 2. The highest BCUT2D eigenvalue weighted by Crippen LogP contribution is 2.28. The summed E-state index contributed by atoms with van der Waals surface area (Å²) in [5, 5.41) is 6.60. The Kier molecular flexibility index (Phi) is 6.10. The van der Waals surface area contributed by atoms with Crippen molar-refractivity contribution >= 4 is 17.6 Å². The molecular formula is C23H21N3O3S. The molecule has 4 rings (SSSR count). The van der Waals surface area contributed by atoms with Gasteiger partial charge in [-0.1, -0.05) is 30.3 Å². The van der Waals surface area contributed by atoms with Crippen molar-refractivity contribution in [3.05, 3.63) is 88.2 Å². The lowest BCUT2D eigenvalue weighted by atomic mass is 10.2. The highest BCUT2D eigenvalue weighted by Gasteiger charge is 2.10. The van der Waals surface area contributed by atoms with Gasteiger partial charge < -0.3 is 13.9 Å². The van der Waals surface area contributed by atoms with Crippen molar-refractivity contribution in [3.8, 4) is 23.0 Å². The summed E-state index contributed by atoms with van der Waals surface area (Å²) in [5.74, 6) is 2.07. The largest absolute Gasteiger partial charge is 0.493 e. The molecule has 152 valence electrons. The maximum Gasteiger partial charge on any atom is 0.206 e. The fourth-order valence-corrected chi connectivity index (χ4v) is 3.69. The van der Waals surface area contributed by atoms with Gasteiger partial charge in [-0.3, -0.25) is 4.99 Å². The minimum absolute atomic E-state index is 0.457. The Morgan fingerprint density at radius 1 is 1.07 bits per heavy atom. The van der Waals surface area contributed by atoms with Crippen molar-refractivity contribution < 1.29 is 13.9 Å². The summed E-state index contributed by atoms with van der Waals surface area (Å²) < 4.78 is 18.7. The molecule has 0 aliphatic heterocycles. The molecule has 0 spiro atoms. The Morgan fingerprint density at radius 3 is 2.67 bits per heavy atom. The van der Waals surface area contributed by atoms with Gasteiger partial charge in [0.25, 0.3) is 0 Å². The first kappa shape index (κ1) is 19.7. The maximum atomic E-state index is 5.99. The maximum absolute atomic E-state index is 5.99. The standard InChI is InChI=1S/C23H21N3O3S/c1-24-23-26(19(16-30-23)20-9-6-12-28-20)25-14-18-10-11-21(27-2)22(13-18)29-15-17-7-4-3-5-8-17/h3-14,16H,15H2,1-2H3. The van der Waals surface area contributed by atoms with Crippen molar-refractivity contribution in [2.24, 2.45) is 10.1 Å². The molecule has 0 atom stereocenters. The number of hydrogen-bond donors (Lipinski definition) is 0. The van der Waals surface area contributed by atoms with Gasteiger partial charge in [-0.05, 0) is 41.5 Å². The molecule has 0 aliphatic carbocycles. The van der Waals surface area contributed by atoms with Gasteiger partial charge in [-0.25, -0.2) is 4.68 Å². The second-order valence-electron chi connectivity index (χ2n) is 6.35. The highest BCUT2D eigenvalue weighted by atomic mass is 32.1. The second kappa shape index (κ2) is 9.28. The van der Waals surface area contributed by atoms with Crippen molar-refractivity contribution in [3.63, 3.8) is 0 Å². The van der Waals surface area contributed by atoms with Crippen molar-refractivity contribution in [1.82, 2.24) is 4.68 Å². The number of ether oxygens (including phenoxy) is 2. The van der Waals surface area contributed by atoms with E-state index in [2.05, 4.69) is 10.1 Å². The monoisotopic (exact) mass is 419 g/mol. The Bertz CT molecular complexity index is 1190. The van der Waals surface area contributed by atoms with Gasteiger partial charge in [0.05, 0.1) is 19.6 Å². The van der Waals surface area contributed by atoms with Crippen LogP contribution < -0.4 is 14.3 Å². The predicted molar refractivity (Wildman–Crippen MR) is 118 cm³/mol. The average Bonchev–Trinajstić information content (AvgIpc) is 3.46. The molecular weight excluding hydrogens is 398 g/mol. The first-order valence-corrected chi connectivity index (χ1v) is 10.2. The zero-order valence-electron chi connectivity index (χ0n) is 16.7. The third-order valence-electron chi connectivity index (χ3n) is 4.40. The average molecular weight is 420 g/mol. The van der Waals surface area contributed by atoms with Crippen LogP contribution in [0.1, 0.15) is 11.1 Å². The van der Waals surface area contributed by atoms with Gasteiger partial charge in [0.2, 0.25) is 4.80 Å². The molecule has 4 aromatic rings. The summed E-state index contributed by atoms with van der Waals surface area (Å²) >= 11 is 1.50. The third kappa shape index (κ3) is 4.36. The number of thiazole rings is 1. The Labute approximate surface area is 178 Å². The van der Waals surface area contributed by atoms with E-state index in [1.54, 1.807) is 31.3 Å². The number of methoxy groups -OCH3 is 1. The van der Waals surface area contributed by atoms with Gasteiger partial charge in [0.15, 0.2) is 17.3 Å². The van der Waals surface area contributed by atoms with Gasteiger partial charge in [0, 0.05) is 12.4 Å². The SMILES string of the molecule is CN=c1scc(-c2ccco2)n1N=Cc1ccc(OC)c(OCc2ccccc2)c1. The molecule has 7 heteroatoms. The van der Waals surface area contributed by atoms with Crippen LogP contribution in [0.25, 0.3) is 11.5 Å². The molecule has 2 heterocycles. The molecule has 0 amide bonds. The Morgan fingerprint density at radius 2 is 1.93 bits per heavy atom. The fourth-order valence-electron chi connectivity index (χ4n) is 2.90. The molecule has 0 saturated heterocycles. The summed E-state index contributed by atoms with van der Waals surface area (Å²) in [7, 11) is 3.37. The van der Waals surface area contributed by atoms with E-state index in [0.29, 0.717) is 18.1 Å². The minimum atomic E-state index is 0.457. The number of aromatic nitrogens is 1. The lowest BCUT2D eigenvalue weighted by Gasteiger charge is -2.11. The molecule has 0 radical (unpaired) electrons. The number of hydrogen-bond acceptors (Lipinski definition) is 6.